The van der Waals surface area contributed by atoms with Gasteiger partial charge in [0.25, 0.3) is 0 Å². The number of nitrogens with zero attached hydrogens (tertiary/aromatic N) is 1. The molecule has 1 rings (SSSR count). The maximum atomic E-state index is 12.1. The van der Waals surface area contributed by atoms with Gasteiger partial charge in [0.2, 0.25) is 0 Å². The highest BCUT2D eigenvalue weighted by molar-refractivity contribution is 6.32. The highest BCUT2D eigenvalue weighted by atomic mass is 35.5. The molecule has 0 saturated carbocycles. The summed E-state index contributed by atoms with van der Waals surface area (Å²) in [6.07, 6.45) is 15.2. The number of allylic oxidation sites excluding steroid dienone is 9. The van der Waals surface area contributed by atoms with Crippen LogP contribution in [0.15, 0.2) is 84.8 Å². The first kappa shape index (κ1) is 21.5. The number of nitrogens with one attached hydrogen (secondary N) is 1. The fourth-order valence-corrected chi connectivity index (χ4v) is 2.13. The molecule has 0 aliphatic heterocycles. The highest BCUT2D eigenvalue weighted by Gasteiger charge is 2.15. The van der Waals surface area contributed by atoms with Crippen LogP contribution in [-0.2, 0) is 4.74 Å². The van der Waals surface area contributed by atoms with E-state index in [0.29, 0.717) is 16.4 Å². The van der Waals surface area contributed by atoms with Crippen LogP contribution in [0, 0.1) is 0 Å². The van der Waals surface area contributed by atoms with Crippen molar-refractivity contribution in [1.82, 2.24) is 4.98 Å². The minimum Gasteiger partial charge on any atom is -0.462 e. The summed E-state index contributed by atoms with van der Waals surface area (Å²) in [6, 6.07) is 1.53. The van der Waals surface area contributed by atoms with Crippen LogP contribution in [-0.4, -0.2) is 17.6 Å². The molecule has 0 spiro atoms. The van der Waals surface area contributed by atoms with E-state index in [1.807, 2.05) is 12.2 Å². The normalized spacial score (nSPS) is 12.4. The zero-order chi connectivity index (χ0) is 19.4. The van der Waals surface area contributed by atoms with E-state index < -0.39 is 5.97 Å². The summed E-state index contributed by atoms with van der Waals surface area (Å²) in [4.78, 5) is 16.0. The zero-order valence-electron chi connectivity index (χ0n) is 14.4. The van der Waals surface area contributed by atoms with E-state index in [1.54, 1.807) is 43.4 Å². The molecule has 26 heavy (non-hydrogen) atoms. The molecule has 0 unspecified atom stereocenters. The molecule has 1 aromatic rings. The Kier molecular flexibility index (Phi) is 9.83. The third-order valence-corrected chi connectivity index (χ3v) is 3.43. The molecule has 1 N–H and O–H groups in total. The molecule has 0 atom stereocenters. The lowest BCUT2D eigenvalue weighted by Crippen LogP contribution is -2.10. The van der Waals surface area contributed by atoms with Crippen molar-refractivity contribution >= 4 is 34.9 Å². The van der Waals surface area contributed by atoms with Crippen molar-refractivity contribution in [2.24, 2.45) is 0 Å². The van der Waals surface area contributed by atoms with Gasteiger partial charge in [0.1, 0.15) is 10.7 Å². The first-order chi connectivity index (χ1) is 12.5. The second kappa shape index (κ2) is 11.9. The van der Waals surface area contributed by atoms with Gasteiger partial charge in [0.15, 0.2) is 0 Å². The summed E-state index contributed by atoms with van der Waals surface area (Å²) >= 11 is 12.3. The van der Waals surface area contributed by atoms with Gasteiger partial charge in [-0.1, -0.05) is 72.8 Å². The smallest absolute Gasteiger partial charge is 0.341 e. The first-order valence-corrected chi connectivity index (χ1v) is 8.53. The molecule has 136 valence electrons. The fourth-order valence-electron chi connectivity index (χ4n) is 1.79. The molecule has 0 aromatic carbocycles. The molecule has 0 fully saturated rings. The highest BCUT2D eigenvalue weighted by Crippen LogP contribution is 2.25. The second-order valence-corrected chi connectivity index (χ2v) is 5.53. The maximum Gasteiger partial charge on any atom is 0.341 e. The van der Waals surface area contributed by atoms with Crippen molar-refractivity contribution in [2.75, 3.05) is 11.9 Å². The van der Waals surface area contributed by atoms with Crippen LogP contribution in [0.4, 0.5) is 5.69 Å². The van der Waals surface area contributed by atoms with Gasteiger partial charge in [-0.15, -0.1) is 0 Å². The van der Waals surface area contributed by atoms with E-state index in [0.717, 1.165) is 0 Å². The fraction of sp³-hybridized carbons (Fsp3) is 0.100. The Balaban J connectivity index is 3.15. The predicted molar refractivity (Wildman–Crippen MR) is 110 cm³/mol. The van der Waals surface area contributed by atoms with Crippen LogP contribution in [0.5, 0.6) is 0 Å². The molecule has 6 heteroatoms. The lowest BCUT2D eigenvalue weighted by Gasteiger charge is -2.13. The number of anilines is 1. The average Bonchev–Trinajstić information content (AvgIpc) is 2.61. The number of pyridine rings is 1. The summed E-state index contributed by atoms with van der Waals surface area (Å²) < 4.78 is 5.04. The number of hydrogen-bond acceptors (Lipinski definition) is 4. The van der Waals surface area contributed by atoms with Crippen LogP contribution < -0.4 is 5.32 Å². The average molecular weight is 391 g/mol. The molecule has 1 heterocycles. The Labute approximate surface area is 163 Å². The maximum absolute atomic E-state index is 12.1. The number of esters is 1. The van der Waals surface area contributed by atoms with Gasteiger partial charge in [-0.2, -0.15) is 0 Å². The van der Waals surface area contributed by atoms with Crippen molar-refractivity contribution in [2.45, 2.75) is 6.92 Å². The van der Waals surface area contributed by atoms with Gasteiger partial charge in [-0.25, -0.2) is 9.78 Å². The Hall–Kier alpha value is -2.56. The number of rotatable bonds is 9. The van der Waals surface area contributed by atoms with Gasteiger partial charge in [0, 0.05) is 6.20 Å². The summed E-state index contributed by atoms with van der Waals surface area (Å²) in [5.74, 6) is -0.508. The minimum atomic E-state index is -0.508. The van der Waals surface area contributed by atoms with Crippen LogP contribution in [0.1, 0.15) is 17.3 Å². The van der Waals surface area contributed by atoms with Gasteiger partial charge in [-0.3, -0.25) is 0 Å². The molecule has 1 aromatic heterocycles. The largest absolute Gasteiger partial charge is 0.462 e. The third kappa shape index (κ3) is 7.13. The van der Waals surface area contributed by atoms with Crippen LogP contribution in [0.2, 0.25) is 5.15 Å². The summed E-state index contributed by atoms with van der Waals surface area (Å²) in [7, 11) is 0. The SMILES string of the molecule is C=C\C=C/C=C\C=C(Cl)/C(=C\C=C)Nc1cc(Cl)ncc1C(=O)OCC. The molecule has 0 aliphatic rings. The van der Waals surface area contributed by atoms with E-state index in [4.69, 9.17) is 27.9 Å². The van der Waals surface area contributed by atoms with Gasteiger partial charge in [0.05, 0.1) is 23.0 Å². The number of ether oxygens (including phenoxy) is 1. The lowest BCUT2D eigenvalue weighted by molar-refractivity contribution is 0.0527. The Morgan fingerprint density at radius 1 is 1.23 bits per heavy atom. The number of aromatic nitrogens is 1. The third-order valence-electron chi connectivity index (χ3n) is 2.89. The van der Waals surface area contributed by atoms with E-state index in [1.165, 1.54) is 12.3 Å². The van der Waals surface area contributed by atoms with Gasteiger partial charge in [-0.05, 0) is 25.1 Å². The number of carbonyl (C=O) groups is 1. The van der Waals surface area contributed by atoms with Crippen molar-refractivity contribution < 1.29 is 9.53 Å². The molecule has 0 radical (unpaired) electrons. The zero-order valence-corrected chi connectivity index (χ0v) is 15.9. The second-order valence-electron chi connectivity index (χ2n) is 4.73. The number of halogens is 2. The Morgan fingerprint density at radius 3 is 2.62 bits per heavy atom. The number of hydrogen-bond donors (Lipinski definition) is 1. The molecule has 0 bridgehead atoms. The molecule has 0 amide bonds. The van der Waals surface area contributed by atoms with Crippen LogP contribution >= 0.6 is 23.2 Å². The quantitative estimate of drug-likeness (QED) is 0.328. The first-order valence-electron chi connectivity index (χ1n) is 7.77. The molecular weight excluding hydrogens is 371 g/mol. The predicted octanol–water partition coefficient (Wildman–Crippen LogP) is 5.81. The number of carbonyl (C=O) groups excluding carboxylic acids is 1. The van der Waals surface area contributed by atoms with E-state index in [-0.39, 0.29) is 17.3 Å². The molecule has 0 aliphatic carbocycles. The summed E-state index contributed by atoms with van der Waals surface area (Å²) in [5.41, 5.74) is 1.21. The van der Waals surface area contributed by atoms with E-state index in [2.05, 4.69) is 23.5 Å². The summed E-state index contributed by atoms with van der Waals surface area (Å²) in [5, 5.41) is 3.72. The molecule has 0 saturated heterocycles. The van der Waals surface area contributed by atoms with Crippen molar-refractivity contribution in [3.8, 4) is 0 Å². The van der Waals surface area contributed by atoms with Gasteiger partial charge >= 0.3 is 5.97 Å². The lowest BCUT2D eigenvalue weighted by atomic mass is 10.2. The standard InChI is InChI=1S/C20H20Cl2N2O2/c1-4-7-8-9-10-12-16(21)17(11-5-2)24-18-13-19(22)23-14-15(18)20(25)26-6-3/h4-5,7-14H,1-2,6H2,3H3,(H,23,24)/b8-7-,10-9-,16-12+,17-11+. The minimum absolute atomic E-state index is 0.230. The monoisotopic (exact) mass is 390 g/mol. The van der Waals surface area contributed by atoms with Crippen molar-refractivity contribution in [3.63, 3.8) is 0 Å². The van der Waals surface area contributed by atoms with Crippen LogP contribution in [0.3, 0.4) is 0 Å². The van der Waals surface area contributed by atoms with Crippen molar-refractivity contribution in [3.05, 3.63) is 95.5 Å². The van der Waals surface area contributed by atoms with E-state index >= 15 is 0 Å². The van der Waals surface area contributed by atoms with Crippen molar-refractivity contribution in [1.29, 1.82) is 0 Å². The topological polar surface area (TPSA) is 51.2 Å². The van der Waals surface area contributed by atoms with E-state index in [9.17, 15) is 4.79 Å². The van der Waals surface area contributed by atoms with Gasteiger partial charge < -0.3 is 10.1 Å². The molecule has 4 nitrogen and oxygen atoms in total. The summed E-state index contributed by atoms with van der Waals surface area (Å²) in [6.45, 7) is 9.24. The van der Waals surface area contributed by atoms with Crippen LogP contribution in [0.25, 0.3) is 0 Å². The Morgan fingerprint density at radius 2 is 1.96 bits per heavy atom. The Bertz CT molecular complexity index is 778. The molecular formula is C20H20Cl2N2O2.